The zero-order valence-electron chi connectivity index (χ0n) is 13.9. The Morgan fingerprint density at radius 1 is 1.14 bits per heavy atom. The largest absolute Gasteiger partial charge is 0.502 e. The maximum absolute atomic E-state index is 9.90. The summed E-state index contributed by atoms with van der Waals surface area (Å²) in [4.78, 5) is 2.23. The van der Waals surface area contributed by atoms with Crippen molar-refractivity contribution in [1.29, 1.82) is 0 Å². The van der Waals surface area contributed by atoms with Gasteiger partial charge in [-0.05, 0) is 37.7 Å². The number of phenolic OH excluding ortho intramolecular Hbond substituents is 1. The Labute approximate surface area is 127 Å². The minimum Gasteiger partial charge on any atom is -0.502 e. The molecule has 2 N–H and O–H groups in total. The molecular formula is C16H28N2O3. The molecule has 0 spiro atoms. The van der Waals surface area contributed by atoms with Crippen LogP contribution in [0.3, 0.4) is 0 Å². The van der Waals surface area contributed by atoms with Gasteiger partial charge in [0, 0.05) is 19.1 Å². The molecule has 1 atom stereocenters. The van der Waals surface area contributed by atoms with Crippen molar-refractivity contribution in [1.82, 2.24) is 10.2 Å². The standard InChI is InChI=1S/C16H28N2O3/c1-11(2)13(18(3)4)10-17-9-12-7-14(20-5)16(19)15(8-12)21-6/h7-8,11,13,17,19H,9-10H2,1-6H3. The van der Waals surface area contributed by atoms with E-state index in [0.29, 0.717) is 30.0 Å². The molecular weight excluding hydrogens is 268 g/mol. The fourth-order valence-electron chi connectivity index (χ4n) is 2.43. The zero-order chi connectivity index (χ0) is 16.0. The smallest absolute Gasteiger partial charge is 0.200 e. The lowest BCUT2D eigenvalue weighted by atomic mass is 10.0. The molecule has 5 heteroatoms. The van der Waals surface area contributed by atoms with Crippen molar-refractivity contribution in [3.8, 4) is 17.2 Å². The molecule has 0 heterocycles. The summed E-state index contributed by atoms with van der Waals surface area (Å²) in [6.45, 7) is 6.04. The van der Waals surface area contributed by atoms with Gasteiger partial charge in [-0.25, -0.2) is 0 Å². The molecule has 1 aromatic rings. The molecule has 0 aromatic heterocycles. The van der Waals surface area contributed by atoms with Crippen LogP contribution in [0.15, 0.2) is 12.1 Å². The van der Waals surface area contributed by atoms with E-state index >= 15 is 0 Å². The Morgan fingerprint density at radius 2 is 1.67 bits per heavy atom. The molecule has 0 radical (unpaired) electrons. The van der Waals surface area contributed by atoms with Crippen LogP contribution in [-0.4, -0.2) is 50.9 Å². The van der Waals surface area contributed by atoms with Crippen LogP contribution in [0, 0.1) is 5.92 Å². The van der Waals surface area contributed by atoms with Crippen molar-refractivity contribution in [3.63, 3.8) is 0 Å². The molecule has 0 saturated heterocycles. The van der Waals surface area contributed by atoms with Crippen LogP contribution in [0.25, 0.3) is 0 Å². The summed E-state index contributed by atoms with van der Waals surface area (Å²) in [7, 11) is 7.26. The average molecular weight is 296 g/mol. The summed E-state index contributed by atoms with van der Waals surface area (Å²) in [6.07, 6.45) is 0. The van der Waals surface area contributed by atoms with Crippen LogP contribution in [0.4, 0.5) is 0 Å². The van der Waals surface area contributed by atoms with Gasteiger partial charge in [-0.2, -0.15) is 0 Å². The fourth-order valence-corrected chi connectivity index (χ4v) is 2.43. The number of aromatic hydroxyl groups is 1. The lowest BCUT2D eigenvalue weighted by Crippen LogP contribution is -2.41. The monoisotopic (exact) mass is 296 g/mol. The molecule has 5 nitrogen and oxygen atoms in total. The van der Waals surface area contributed by atoms with Crippen molar-refractivity contribution in [2.24, 2.45) is 5.92 Å². The molecule has 21 heavy (non-hydrogen) atoms. The van der Waals surface area contributed by atoms with Crippen molar-refractivity contribution >= 4 is 0 Å². The minimum absolute atomic E-state index is 0.0390. The molecule has 0 saturated carbocycles. The van der Waals surface area contributed by atoms with E-state index in [1.807, 2.05) is 12.1 Å². The third-order valence-corrected chi connectivity index (χ3v) is 3.66. The quantitative estimate of drug-likeness (QED) is 0.769. The lowest BCUT2D eigenvalue weighted by Gasteiger charge is -2.28. The van der Waals surface area contributed by atoms with Gasteiger partial charge in [-0.1, -0.05) is 13.8 Å². The third kappa shape index (κ3) is 4.79. The third-order valence-electron chi connectivity index (χ3n) is 3.66. The Morgan fingerprint density at radius 3 is 2.05 bits per heavy atom. The highest BCUT2D eigenvalue weighted by atomic mass is 16.5. The predicted octanol–water partition coefficient (Wildman–Crippen LogP) is 2.09. The molecule has 0 amide bonds. The summed E-state index contributed by atoms with van der Waals surface area (Å²) in [5, 5.41) is 13.3. The van der Waals surface area contributed by atoms with Crippen LogP contribution in [0.2, 0.25) is 0 Å². The molecule has 0 bridgehead atoms. The van der Waals surface area contributed by atoms with Gasteiger partial charge in [0.2, 0.25) is 5.75 Å². The van der Waals surface area contributed by atoms with E-state index in [9.17, 15) is 5.11 Å². The van der Waals surface area contributed by atoms with Crippen LogP contribution in [0.5, 0.6) is 17.2 Å². The molecule has 0 fully saturated rings. The Balaban J connectivity index is 2.71. The summed E-state index contributed by atoms with van der Waals surface area (Å²) in [5.74, 6) is 1.48. The Bertz CT molecular complexity index is 414. The maximum Gasteiger partial charge on any atom is 0.200 e. The first-order valence-electron chi connectivity index (χ1n) is 7.21. The van der Waals surface area contributed by atoms with Gasteiger partial charge in [0.25, 0.3) is 0 Å². The first-order valence-corrected chi connectivity index (χ1v) is 7.21. The van der Waals surface area contributed by atoms with Gasteiger partial charge in [0.1, 0.15) is 0 Å². The van der Waals surface area contributed by atoms with Crippen molar-refractivity contribution in [2.75, 3.05) is 34.9 Å². The van der Waals surface area contributed by atoms with Crippen LogP contribution in [0.1, 0.15) is 19.4 Å². The number of nitrogens with zero attached hydrogens (tertiary/aromatic N) is 1. The zero-order valence-corrected chi connectivity index (χ0v) is 13.9. The minimum atomic E-state index is 0.0390. The molecule has 0 aliphatic carbocycles. The summed E-state index contributed by atoms with van der Waals surface area (Å²) >= 11 is 0. The topological polar surface area (TPSA) is 54.0 Å². The van der Waals surface area contributed by atoms with E-state index in [1.54, 1.807) is 0 Å². The van der Waals surface area contributed by atoms with Gasteiger partial charge in [-0.15, -0.1) is 0 Å². The van der Waals surface area contributed by atoms with Gasteiger partial charge in [0.15, 0.2) is 11.5 Å². The van der Waals surface area contributed by atoms with Gasteiger partial charge >= 0.3 is 0 Å². The average Bonchev–Trinajstić information content (AvgIpc) is 2.43. The normalized spacial score (nSPS) is 12.8. The number of hydrogen-bond acceptors (Lipinski definition) is 5. The molecule has 1 aromatic carbocycles. The molecule has 0 aliphatic rings. The number of nitrogens with one attached hydrogen (secondary N) is 1. The van der Waals surface area contributed by atoms with Crippen molar-refractivity contribution in [2.45, 2.75) is 26.4 Å². The number of benzene rings is 1. The number of likely N-dealkylation sites (N-methyl/N-ethyl adjacent to an activating group) is 1. The molecule has 0 aliphatic heterocycles. The van der Waals surface area contributed by atoms with E-state index in [0.717, 1.165) is 12.1 Å². The van der Waals surface area contributed by atoms with Crippen molar-refractivity contribution < 1.29 is 14.6 Å². The highest BCUT2D eigenvalue weighted by Gasteiger charge is 2.15. The van der Waals surface area contributed by atoms with E-state index in [-0.39, 0.29) is 5.75 Å². The fraction of sp³-hybridized carbons (Fsp3) is 0.625. The summed E-state index contributed by atoms with van der Waals surface area (Å²) < 4.78 is 10.3. The second-order valence-corrected chi connectivity index (χ2v) is 5.75. The number of phenols is 1. The van der Waals surface area contributed by atoms with E-state index < -0.39 is 0 Å². The number of ether oxygens (including phenoxy) is 2. The second kappa shape index (κ2) is 8.10. The maximum atomic E-state index is 9.90. The van der Waals surface area contributed by atoms with Gasteiger partial charge in [-0.3, -0.25) is 0 Å². The van der Waals surface area contributed by atoms with E-state index in [1.165, 1.54) is 14.2 Å². The van der Waals surface area contributed by atoms with E-state index in [2.05, 4.69) is 38.2 Å². The van der Waals surface area contributed by atoms with Crippen molar-refractivity contribution in [3.05, 3.63) is 17.7 Å². The van der Waals surface area contributed by atoms with Gasteiger partial charge in [0.05, 0.1) is 14.2 Å². The Hall–Kier alpha value is -1.46. The highest BCUT2D eigenvalue weighted by molar-refractivity contribution is 5.52. The summed E-state index contributed by atoms with van der Waals surface area (Å²) in [6, 6.07) is 4.13. The van der Waals surface area contributed by atoms with Crippen LogP contribution >= 0.6 is 0 Å². The second-order valence-electron chi connectivity index (χ2n) is 5.75. The van der Waals surface area contributed by atoms with Crippen LogP contribution in [-0.2, 0) is 6.54 Å². The number of rotatable bonds is 8. The first-order chi connectivity index (χ1) is 9.90. The number of hydrogen-bond donors (Lipinski definition) is 2. The predicted molar refractivity (Wildman–Crippen MR) is 85.2 cm³/mol. The lowest BCUT2D eigenvalue weighted by molar-refractivity contribution is 0.224. The highest BCUT2D eigenvalue weighted by Crippen LogP contribution is 2.36. The number of methoxy groups -OCH3 is 2. The van der Waals surface area contributed by atoms with Crippen LogP contribution < -0.4 is 14.8 Å². The molecule has 1 unspecified atom stereocenters. The SMILES string of the molecule is COc1cc(CNCC(C(C)C)N(C)C)cc(OC)c1O. The Kier molecular flexibility index (Phi) is 6.78. The molecule has 1 rings (SSSR count). The van der Waals surface area contributed by atoms with Gasteiger partial charge < -0.3 is 24.8 Å². The van der Waals surface area contributed by atoms with E-state index in [4.69, 9.17) is 9.47 Å². The molecule has 120 valence electrons. The first kappa shape index (κ1) is 17.6. The summed E-state index contributed by atoms with van der Waals surface area (Å²) in [5.41, 5.74) is 1.02.